The molecule has 114 valence electrons. The van der Waals surface area contributed by atoms with Crippen LogP contribution in [0.25, 0.3) is 11.0 Å². The summed E-state index contributed by atoms with van der Waals surface area (Å²) in [7, 11) is 0. The zero-order valence-corrected chi connectivity index (χ0v) is 12.8. The highest BCUT2D eigenvalue weighted by atomic mass is 16.1. The van der Waals surface area contributed by atoms with Crippen molar-refractivity contribution < 1.29 is 4.79 Å². The predicted molar refractivity (Wildman–Crippen MR) is 85.4 cm³/mol. The molecule has 4 nitrogen and oxygen atoms in total. The van der Waals surface area contributed by atoms with Crippen LogP contribution in [0.5, 0.6) is 0 Å². The molecule has 1 N–H and O–H groups in total. The Morgan fingerprint density at radius 3 is 2.73 bits per heavy atom. The summed E-state index contributed by atoms with van der Waals surface area (Å²) in [6.07, 6.45) is 8.72. The first-order valence-corrected chi connectivity index (χ1v) is 8.22. The van der Waals surface area contributed by atoms with Gasteiger partial charge in [0.1, 0.15) is 0 Å². The number of carbonyl (C=O) groups excluding carboxylic acids is 1. The van der Waals surface area contributed by atoms with Gasteiger partial charge in [-0.2, -0.15) is 0 Å². The van der Waals surface area contributed by atoms with E-state index in [4.69, 9.17) is 0 Å². The summed E-state index contributed by atoms with van der Waals surface area (Å²) in [5.41, 5.74) is 2.26. The topological polar surface area (TPSA) is 54.9 Å². The van der Waals surface area contributed by atoms with Crippen molar-refractivity contribution in [2.24, 2.45) is 17.8 Å². The second-order valence-electron chi connectivity index (χ2n) is 6.86. The first-order chi connectivity index (χ1) is 10.7. The van der Waals surface area contributed by atoms with E-state index in [9.17, 15) is 4.79 Å². The number of hydrogen-bond donors (Lipinski definition) is 1. The lowest BCUT2D eigenvalue weighted by molar-refractivity contribution is 0.0915. The van der Waals surface area contributed by atoms with Crippen LogP contribution in [0.1, 0.15) is 43.0 Å². The quantitative estimate of drug-likeness (QED) is 0.946. The zero-order chi connectivity index (χ0) is 15.1. The third-order valence-electron chi connectivity index (χ3n) is 5.53. The number of amides is 1. The normalized spacial score (nSPS) is 28.0. The number of benzene rings is 1. The van der Waals surface area contributed by atoms with Crippen LogP contribution in [-0.4, -0.2) is 21.9 Å². The number of hydrogen-bond acceptors (Lipinski definition) is 3. The van der Waals surface area contributed by atoms with Gasteiger partial charge in [-0.1, -0.05) is 6.42 Å². The van der Waals surface area contributed by atoms with Gasteiger partial charge in [0, 0.05) is 24.0 Å². The molecule has 0 spiro atoms. The van der Waals surface area contributed by atoms with Gasteiger partial charge in [-0.15, -0.1) is 0 Å². The molecule has 0 unspecified atom stereocenters. The predicted octanol–water partition coefficient (Wildman–Crippen LogP) is 3.18. The Morgan fingerprint density at radius 1 is 1.18 bits per heavy atom. The van der Waals surface area contributed by atoms with Crippen molar-refractivity contribution in [2.45, 2.75) is 38.6 Å². The van der Waals surface area contributed by atoms with E-state index in [1.807, 2.05) is 18.2 Å². The van der Waals surface area contributed by atoms with E-state index in [1.54, 1.807) is 12.4 Å². The van der Waals surface area contributed by atoms with E-state index in [-0.39, 0.29) is 11.9 Å². The maximum atomic E-state index is 12.5. The second-order valence-corrected chi connectivity index (χ2v) is 6.86. The molecule has 2 aliphatic carbocycles. The number of rotatable bonds is 3. The highest BCUT2D eigenvalue weighted by Crippen LogP contribution is 2.49. The van der Waals surface area contributed by atoms with Gasteiger partial charge in [-0.25, -0.2) is 0 Å². The standard InChI is InChI=1S/C18H21N3O/c1-11(15-9-12-2-3-13(15)8-12)21-18(22)14-4-5-16-17(10-14)20-7-6-19-16/h4-7,10-13,15H,2-3,8-9H2,1H3,(H,21,22)/t11-,12-,13+,15-/m1/s1. The minimum absolute atomic E-state index is 0.00262. The summed E-state index contributed by atoms with van der Waals surface area (Å²) in [4.78, 5) is 21.0. The number of aromatic nitrogens is 2. The molecule has 4 atom stereocenters. The molecule has 2 fully saturated rings. The van der Waals surface area contributed by atoms with E-state index < -0.39 is 0 Å². The largest absolute Gasteiger partial charge is 0.349 e. The van der Waals surface area contributed by atoms with Crippen molar-refractivity contribution >= 4 is 16.9 Å². The molecule has 1 amide bonds. The summed E-state index contributed by atoms with van der Waals surface area (Å²) in [5, 5.41) is 3.20. The molecule has 4 rings (SSSR count). The van der Waals surface area contributed by atoms with E-state index >= 15 is 0 Å². The highest BCUT2D eigenvalue weighted by molar-refractivity contribution is 5.97. The summed E-state index contributed by atoms with van der Waals surface area (Å²) < 4.78 is 0. The van der Waals surface area contributed by atoms with Gasteiger partial charge in [0.2, 0.25) is 0 Å². The maximum absolute atomic E-state index is 12.5. The van der Waals surface area contributed by atoms with E-state index in [2.05, 4.69) is 22.2 Å². The van der Waals surface area contributed by atoms with Gasteiger partial charge in [-0.05, 0) is 62.1 Å². The lowest BCUT2D eigenvalue weighted by atomic mass is 9.84. The summed E-state index contributed by atoms with van der Waals surface area (Å²) in [5.74, 6) is 2.39. The van der Waals surface area contributed by atoms with Crippen LogP contribution >= 0.6 is 0 Å². The summed E-state index contributed by atoms with van der Waals surface area (Å²) in [6.45, 7) is 2.16. The Labute approximate surface area is 130 Å². The van der Waals surface area contributed by atoms with Crippen molar-refractivity contribution in [3.05, 3.63) is 36.2 Å². The molecule has 4 heteroatoms. The highest BCUT2D eigenvalue weighted by Gasteiger charge is 2.42. The maximum Gasteiger partial charge on any atom is 0.251 e. The van der Waals surface area contributed by atoms with Gasteiger partial charge < -0.3 is 5.32 Å². The van der Waals surface area contributed by atoms with Crippen molar-refractivity contribution in [3.63, 3.8) is 0 Å². The Kier molecular flexibility index (Phi) is 3.32. The molecule has 0 saturated heterocycles. The smallest absolute Gasteiger partial charge is 0.251 e. The SMILES string of the molecule is C[C@@H](NC(=O)c1ccc2nccnc2c1)[C@H]1C[C@@H]2CC[C@H]1C2. The molecule has 2 aromatic rings. The third-order valence-corrected chi connectivity index (χ3v) is 5.53. The van der Waals surface area contributed by atoms with Crippen LogP contribution in [0.4, 0.5) is 0 Å². The third kappa shape index (κ3) is 2.36. The molecular formula is C18H21N3O. The van der Waals surface area contributed by atoms with Crippen LogP contribution < -0.4 is 5.32 Å². The van der Waals surface area contributed by atoms with Gasteiger partial charge in [0.05, 0.1) is 11.0 Å². The number of nitrogens with zero attached hydrogens (tertiary/aromatic N) is 2. The molecule has 1 aromatic heterocycles. The Bertz CT molecular complexity index is 714. The van der Waals surface area contributed by atoms with Crippen molar-refractivity contribution in [2.75, 3.05) is 0 Å². The molecule has 1 heterocycles. The second kappa shape index (κ2) is 5.34. The van der Waals surface area contributed by atoms with Crippen molar-refractivity contribution in [1.29, 1.82) is 0 Å². The van der Waals surface area contributed by atoms with E-state index in [1.165, 1.54) is 25.7 Å². The fourth-order valence-corrected chi connectivity index (χ4v) is 4.41. The summed E-state index contributed by atoms with van der Waals surface area (Å²) in [6, 6.07) is 5.77. The van der Waals surface area contributed by atoms with Crippen molar-refractivity contribution in [3.8, 4) is 0 Å². The van der Waals surface area contributed by atoms with E-state index in [0.29, 0.717) is 11.5 Å². The first kappa shape index (κ1) is 13.7. The molecular weight excluding hydrogens is 274 g/mol. The zero-order valence-electron chi connectivity index (χ0n) is 12.8. The Hall–Kier alpha value is -1.97. The van der Waals surface area contributed by atoms with Gasteiger partial charge in [0.15, 0.2) is 0 Å². The minimum Gasteiger partial charge on any atom is -0.349 e. The average molecular weight is 295 g/mol. The fourth-order valence-electron chi connectivity index (χ4n) is 4.41. The lowest BCUT2D eigenvalue weighted by Crippen LogP contribution is -2.40. The molecule has 2 saturated carbocycles. The first-order valence-electron chi connectivity index (χ1n) is 8.22. The summed E-state index contributed by atoms with van der Waals surface area (Å²) >= 11 is 0. The number of carbonyl (C=O) groups is 1. The fraction of sp³-hybridized carbons (Fsp3) is 0.500. The molecule has 2 aliphatic rings. The van der Waals surface area contributed by atoms with Crippen molar-refractivity contribution in [1.82, 2.24) is 15.3 Å². The molecule has 0 aliphatic heterocycles. The number of fused-ring (bicyclic) bond motifs is 3. The minimum atomic E-state index is 0.00262. The molecule has 2 bridgehead atoms. The van der Waals surface area contributed by atoms with Crippen LogP contribution in [-0.2, 0) is 0 Å². The van der Waals surface area contributed by atoms with Crippen LogP contribution in [0.2, 0.25) is 0 Å². The molecule has 1 aromatic carbocycles. The van der Waals surface area contributed by atoms with Crippen LogP contribution in [0, 0.1) is 17.8 Å². The van der Waals surface area contributed by atoms with Gasteiger partial charge >= 0.3 is 0 Å². The van der Waals surface area contributed by atoms with Gasteiger partial charge in [0.25, 0.3) is 5.91 Å². The van der Waals surface area contributed by atoms with E-state index in [0.717, 1.165) is 22.9 Å². The van der Waals surface area contributed by atoms with Crippen LogP contribution in [0.3, 0.4) is 0 Å². The average Bonchev–Trinajstić information content (AvgIpc) is 3.17. The monoisotopic (exact) mass is 295 g/mol. The van der Waals surface area contributed by atoms with Crippen LogP contribution in [0.15, 0.2) is 30.6 Å². The Morgan fingerprint density at radius 2 is 2.00 bits per heavy atom. The Balaban J connectivity index is 1.48. The number of nitrogens with one attached hydrogen (secondary N) is 1. The lowest BCUT2D eigenvalue weighted by Gasteiger charge is -2.28. The molecule has 0 radical (unpaired) electrons. The molecule has 22 heavy (non-hydrogen) atoms. The van der Waals surface area contributed by atoms with Gasteiger partial charge in [-0.3, -0.25) is 14.8 Å².